The Kier molecular flexibility index (Phi) is 9.07. The first kappa shape index (κ1) is 30.0. The molecule has 2 aromatic heterocycles. The van der Waals surface area contributed by atoms with Crippen LogP contribution in [0.4, 0.5) is 11.4 Å². The van der Waals surface area contributed by atoms with E-state index in [9.17, 15) is 0 Å². The first-order valence-electron chi connectivity index (χ1n) is 14.8. The van der Waals surface area contributed by atoms with Crippen molar-refractivity contribution in [3.05, 3.63) is 82.8 Å². The van der Waals surface area contributed by atoms with Gasteiger partial charge in [-0.25, -0.2) is 9.97 Å². The van der Waals surface area contributed by atoms with Crippen molar-refractivity contribution < 1.29 is 9.47 Å². The molecule has 0 saturated carbocycles. The van der Waals surface area contributed by atoms with E-state index in [2.05, 4.69) is 22.3 Å². The van der Waals surface area contributed by atoms with Crippen molar-refractivity contribution in [2.75, 3.05) is 50.6 Å². The molecule has 7 nitrogen and oxygen atoms in total. The highest BCUT2D eigenvalue weighted by Crippen LogP contribution is 2.38. The molecule has 44 heavy (non-hydrogen) atoms. The SMILES string of the molecule is COc1ccc2nc3cc(Cl)ccc3c(NCCCN(CCCCN)c3c4ccc(Cl)cc4nc4ccc(OC)cc34)c2c1. The molecule has 2 heterocycles. The van der Waals surface area contributed by atoms with Gasteiger partial charge in [0.05, 0.1) is 47.7 Å². The summed E-state index contributed by atoms with van der Waals surface area (Å²) >= 11 is 12.7. The number of hydrogen-bond donors (Lipinski definition) is 2. The Bertz CT molecular complexity index is 1970. The van der Waals surface area contributed by atoms with Gasteiger partial charge in [-0.1, -0.05) is 23.2 Å². The Morgan fingerprint density at radius 1 is 0.659 bits per heavy atom. The van der Waals surface area contributed by atoms with Crippen LogP contribution in [-0.2, 0) is 0 Å². The van der Waals surface area contributed by atoms with Crippen LogP contribution in [0.15, 0.2) is 72.8 Å². The molecule has 4 aromatic carbocycles. The second kappa shape index (κ2) is 13.3. The summed E-state index contributed by atoms with van der Waals surface area (Å²) in [6, 6.07) is 23.8. The van der Waals surface area contributed by atoms with Gasteiger partial charge in [-0.05, 0) is 98.6 Å². The van der Waals surface area contributed by atoms with Gasteiger partial charge in [0.15, 0.2) is 0 Å². The molecule has 0 fully saturated rings. The zero-order chi connectivity index (χ0) is 30.6. The third-order valence-corrected chi connectivity index (χ3v) is 8.43. The fraction of sp³-hybridized carbons (Fsp3) is 0.257. The van der Waals surface area contributed by atoms with Crippen LogP contribution in [0.5, 0.6) is 11.5 Å². The summed E-state index contributed by atoms with van der Waals surface area (Å²) < 4.78 is 11.2. The van der Waals surface area contributed by atoms with Crippen LogP contribution >= 0.6 is 23.2 Å². The van der Waals surface area contributed by atoms with Crippen molar-refractivity contribution in [2.45, 2.75) is 19.3 Å². The van der Waals surface area contributed by atoms with Crippen molar-refractivity contribution in [2.24, 2.45) is 5.73 Å². The highest BCUT2D eigenvalue weighted by molar-refractivity contribution is 6.32. The van der Waals surface area contributed by atoms with Crippen LogP contribution in [0.2, 0.25) is 10.0 Å². The van der Waals surface area contributed by atoms with Crippen molar-refractivity contribution in [3.8, 4) is 11.5 Å². The highest BCUT2D eigenvalue weighted by atomic mass is 35.5. The zero-order valence-electron chi connectivity index (χ0n) is 24.9. The number of nitrogens with zero attached hydrogens (tertiary/aromatic N) is 3. The quantitative estimate of drug-likeness (QED) is 0.104. The predicted octanol–water partition coefficient (Wildman–Crippen LogP) is 8.46. The van der Waals surface area contributed by atoms with Crippen molar-refractivity contribution in [1.82, 2.24) is 9.97 Å². The highest BCUT2D eigenvalue weighted by Gasteiger charge is 2.18. The van der Waals surface area contributed by atoms with E-state index >= 15 is 0 Å². The molecule has 0 aliphatic rings. The van der Waals surface area contributed by atoms with Gasteiger partial charge in [-0.15, -0.1) is 0 Å². The van der Waals surface area contributed by atoms with Crippen LogP contribution in [0.25, 0.3) is 43.6 Å². The minimum absolute atomic E-state index is 0.659. The molecule has 226 valence electrons. The van der Waals surface area contributed by atoms with Crippen molar-refractivity contribution in [3.63, 3.8) is 0 Å². The molecule has 0 spiro atoms. The summed E-state index contributed by atoms with van der Waals surface area (Å²) in [5.74, 6) is 1.58. The van der Waals surface area contributed by atoms with E-state index in [1.54, 1.807) is 14.2 Å². The lowest BCUT2D eigenvalue weighted by atomic mass is 10.1. The molecule has 0 saturated heterocycles. The van der Waals surface area contributed by atoms with Crippen LogP contribution in [-0.4, -0.2) is 50.4 Å². The third-order valence-electron chi connectivity index (χ3n) is 7.96. The monoisotopic (exact) mass is 627 g/mol. The number of unbranched alkanes of at least 4 members (excludes halogenated alkanes) is 1. The van der Waals surface area contributed by atoms with E-state index < -0.39 is 0 Å². The summed E-state index contributed by atoms with van der Waals surface area (Å²) in [5.41, 5.74) is 11.6. The van der Waals surface area contributed by atoms with Gasteiger partial charge in [0, 0.05) is 51.2 Å². The number of benzene rings is 4. The molecule has 0 unspecified atom stereocenters. The van der Waals surface area contributed by atoms with Gasteiger partial charge in [-0.2, -0.15) is 0 Å². The first-order valence-corrected chi connectivity index (χ1v) is 15.6. The largest absolute Gasteiger partial charge is 0.497 e. The molecule has 6 aromatic rings. The predicted molar refractivity (Wildman–Crippen MR) is 185 cm³/mol. The number of nitrogens with two attached hydrogens (primary N) is 1. The minimum Gasteiger partial charge on any atom is -0.497 e. The summed E-state index contributed by atoms with van der Waals surface area (Å²) in [4.78, 5) is 12.3. The second-order valence-corrected chi connectivity index (χ2v) is 11.7. The molecular formula is C35H35Cl2N5O2. The Morgan fingerprint density at radius 3 is 1.91 bits per heavy atom. The molecule has 0 aliphatic heterocycles. The Balaban J connectivity index is 1.35. The van der Waals surface area contributed by atoms with Crippen LogP contribution in [0.1, 0.15) is 19.3 Å². The average Bonchev–Trinajstić information content (AvgIpc) is 3.03. The Hall–Kier alpha value is -4.04. The van der Waals surface area contributed by atoms with Gasteiger partial charge >= 0.3 is 0 Å². The number of aromatic nitrogens is 2. The summed E-state index contributed by atoms with van der Waals surface area (Å²) in [6.45, 7) is 3.09. The number of nitrogens with one attached hydrogen (secondary N) is 1. The lowest BCUT2D eigenvalue weighted by Crippen LogP contribution is -2.28. The molecule has 6 rings (SSSR count). The van der Waals surface area contributed by atoms with Crippen LogP contribution in [0, 0.1) is 0 Å². The maximum Gasteiger partial charge on any atom is 0.119 e. The lowest BCUT2D eigenvalue weighted by molar-refractivity contribution is 0.415. The van der Waals surface area contributed by atoms with Gasteiger partial charge < -0.3 is 25.4 Å². The maximum atomic E-state index is 6.41. The van der Waals surface area contributed by atoms with E-state index in [1.165, 1.54) is 0 Å². The number of anilines is 2. The fourth-order valence-electron chi connectivity index (χ4n) is 5.82. The van der Waals surface area contributed by atoms with Crippen LogP contribution in [0.3, 0.4) is 0 Å². The molecule has 0 bridgehead atoms. The number of halogens is 2. The Labute approximate surface area is 266 Å². The molecule has 0 radical (unpaired) electrons. The maximum absolute atomic E-state index is 6.41. The number of rotatable bonds is 12. The van der Waals surface area contributed by atoms with Crippen molar-refractivity contribution in [1.29, 1.82) is 0 Å². The van der Waals surface area contributed by atoms with Gasteiger partial charge in [0.2, 0.25) is 0 Å². The van der Waals surface area contributed by atoms with E-state index in [0.29, 0.717) is 16.6 Å². The third kappa shape index (κ3) is 6.13. The van der Waals surface area contributed by atoms with Gasteiger partial charge in [0.1, 0.15) is 11.5 Å². The number of hydrogen-bond acceptors (Lipinski definition) is 7. The van der Waals surface area contributed by atoms with Gasteiger partial charge in [-0.3, -0.25) is 0 Å². The summed E-state index contributed by atoms with van der Waals surface area (Å²) in [6.07, 6.45) is 2.81. The molecular weight excluding hydrogens is 593 g/mol. The topological polar surface area (TPSA) is 85.5 Å². The molecule has 0 amide bonds. The number of ether oxygens (including phenoxy) is 2. The normalized spacial score (nSPS) is 11.5. The second-order valence-electron chi connectivity index (χ2n) is 10.8. The van der Waals surface area contributed by atoms with E-state index in [4.69, 9.17) is 48.4 Å². The summed E-state index contributed by atoms with van der Waals surface area (Å²) in [5, 5.41) is 9.20. The molecule has 9 heteroatoms. The van der Waals surface area contributed by atoms with Crippen molar-refractivity contribution >= 4 is 78.2 Å². The minimum atomic E-state index is 0.659. The molecule has 0 aliphatic carbocycles. The fourth-order valence-corrected chi connectivity index (χ4v) is 6.15. The number of fused-ring (bicyclic) bond motifs is 4. The van der Waals surface area contributed by atoms with E-state index in [1.807, 2.05) is 60.7 Å². The Morgan fingerprint density at radius 2 is 1.25 bits per heavy atom. The van der Waals surface area contributed by atoms with E-state index in [-0.39, 0.29) is 0 Å². The van der Waals surface area contributed by atoms with E-state index in [0.717, 1.165) is 105 Å². The lowest BCUT2D eigenvalue weighted by Gasteiger charge is -2.28. The average molecular weight is 629 g/mol. The van der Waals surface area contributed by atoms with Crippen LogP contribution < -0.4 is 25.4 Å². The summed E-state index contributed by atoms with van der Waals surface area (Å²) in [7, 11) is 3.37. The van der Waals surface area contributed by atoms with Gasteiger partial charge in [0.25, 0.3) is 0 Å². The molecule has 0 atom stereocenters. The molecule has 3 N–H and O–H groups in total. The standard InChI is InChI=1S/C35H35Cl2N5O2/c1-43-24-8-12-30-28(20-24)34(26-10-6-22(36)18-32(26)40-30)39-15-5-17-42(16-4-3-14-38)35-27-11-7-23(37)19-33(27)41-31-13-9-25(44-2)21-29(31)35/h6-13,18-21H,3-5,14-17,38H2,1-2H3,(H,39,40). The smallest absolute Gasteiger partial charge is 0.119 e. The first-order chi connectivity index (χ1) is 21.5. The number of methoxy groups -OCH3 is 2. The zero-order valence-corrected chi connectivity index (χ0v) is 26.4. The number of pyridine rings is 2.